The number of nitrogens with one attached hydrogen (secondary N) is 1. The van der Waals surface area contributed by atoms with Gasteiger partial charge in [0.05, 0.1) is 18.6 Å². The molecule has 2 unspecified atom stereocenters. The third-order valence-electron chi connectivity index (χ3n) is 3.67. The fourth-order valence-electron chi connectivity index (χ4n) is 2.01. The van der Waals surface area contributed by atoms with Gasteiger partial charge in [0.1, 0.15) is 0 Å². The van der Waals surface area contributed by atoms with E-state index in [1.54, 1.807) is 14.0 Å². The zero-order valence-electron chi connectivity index (χ0n) is 13.1. The summed E-state index contributed by atoms with van der Waals surface area (Å²) in [6.45, 7) is 5.56. The van der Waals surface area contributed by atoms with Crippen molar-refractivity contribution in [3.8, 4) is 0 Å². The molecule has 0 aliphatic heterocycles. The summed E-state index contributed by atoms with van der Waals surface area (Å²) in [5.74, 6) is -1.12. The van der Waals surface area contributed by atoms with Gasteiger partial charge in [-0.25, -0.2) is 0 Å². The molecule has 1 rings (SSSR count). The zero-order chi connectivity index (χ0) is 16.0. The first kappa shape index (κ1) is 17.2. The van der Waals surface area contributed by atoms with Crippen molar-refractivity contribution in [1.82, 2.24) is 10.2 Å². The van der Waals surface area contributed by atoms with Crippen LogP contribution in [0, 0.1) is 0 Å². The van der Waals surface area contributed by atoms with Crippen LogP contribution in [-0.4, -0.2) is 41.5 Å². The summed E-state index contributed by atoms with van der Waals surface area (Å²) in [4.78, 5) is 24.3. The summed E-state index contributed by atoms with van der Waals surface area (Å²) >= 11 is 0. The number of carbonyl (C=O) groups is 2. The Morgan fingerprint density at radius 1 is 1.24 bits per heavy atom. The lowest BCUT2D eigenvalue weighted by atomic mass is 10.0. The van der Waals surface area contributed by atoms with E-state index in [0.29, 0.717) is 0 Å². The number of carboxylic acids is 1. The second-order valence-corrected chi connectivity index (χ2v) is 5.31. The van der Waals surface area contributed by atoms with E-state index in [2.05, 4.69) is 24.4 Å². The Balaban J connectivity index is 2.61. The lowest BCUT2D eigenvalue weighted by Crippen LogP contribution is -2.45. The van der Waals surface area contributed by atoms with Gasteiger partial charge in [0.2, 0.25) is 5.91 Å². The first-order valence-electron chi connectivity index (χ1n) is 7.16. The molecule has 21 heavy (non-hydrogen) atoms. The molecule has 1 aromatic rings. The van der Waals surface area contributed by atoms with E-state index < -0.39 is 12.0 Å². The number of carbonyl (C=O) groups excluding carboxylic acids is 1. The number of carboxylic acid groups (broad SMARTS) is 1. The van der Waals surface area contributed by atoms with Crippen LogP contribution in [0.4, 0.5) is 0 Å². The SMILES string of the molecule is CCc1ccc(C(C)NC(=O)C(C)N(C)CC(=O)O)cc1. The third-order valence-corrected chi connectivity index (χ3v) is 3.67. The molecule has 0 aliphatic rings. The molecular weight excluding hydrogens is 268 g/mol. The molecule has 0 saturated carbocycles. The van der Waals surface area contributed by atoms with Crippen LogP contribution >= 0.6 is 0 Å². The van der Waals surface area contributed by atoms with Crippen LogP contribution in [0.2, 0.25) is 0 Å². The van der Waals surface area contributed by atoms with Crippen molar-refractivity contribution >= 4 is 11.9 Å². The van der Waals surface area contributed by atoms with Crippen molar-refractivity contribution in [2.75, 3.05) is 13.6 Å². The van der Waals surface area contributed by atoms with Gasteiger partial charge in [0.15, 0.2) is 0 Å². The molecule has 0 heterocycles. The summed E-state index contributed by atoms with van der Waals surface area (Å²) in [6, 6.07) is 7.53. The highest BCUT2D eigenvalue weighted by molar-refractivity contribution is 5.82. The molecule has 1 aromatic carbocycles. The molecule has 5 nitrogen and oxygen atoms in total. The Morgan fingerprint density at radius 2 is 1.81 bits per heavy atom. The summed E-state index contributed by atoms with van der Waals surface area (Å²) in [5.41, 5.74) is 2.29. The van der Waals surface area contributed by atoms with E-state index in [0.717, 1.165) is 12.0 Å². The molecule has 0 bridgehead atoms. The number of amides is 1. The smallest absolute Gasteiger partial charge is 0.317 e. The zero-order valence-corrected chi connectivity index (χ0v) is 13.1. The maximum Gasteiger partial charge on any atom is 0.317 e. The summed E-state index contributed by atoms with van der Waals surface area (Å²) in [7, 11) is 1.62. The van der Waals surface area contributed by atoms with Gasteiger partial charge in [-0.15, -0.1) is 0 Å². The molecule has 2 atom stereocenters. The van der Waals surface area contributed by atoms with Gasteiger partial charge in [0, 0.05) is 0 Å². The summed E-state index contributed by atoms with van der Waals surface area (Å²) in [5, 5.41) is 11.7. The lowest BCUT2D eigenvalue weighted by molar-refractivity contribution is -0.139. The number of hydrogen-bond donors (Lipinski definition) is 2. The molecule has 0 aromatic heterocycles. The Labute approximate surface area is 126 Å². The third kappa shape index (κ3) is 5.19. The largest absolute Gasteiger partial charge is 0.480 e. The normalized spacial score (nSPS) is 13.8. The van der Waals surface area contributed by atoms with Gasteiger partial charge in [-0.2, -0.15) is 0 Å². The van der Waals surface area contributed by atoms with Gasteiger partial charge in [0.25, 0.3) is 0 Å². The van der Waals surface area contributed by atoms with Gasteiger partial charge in [-0.05, 0) is 38.4 Å². The van der Waals surface area contributed by atoms with Crippen molar-refractivity contribution in [2.45, 2.75) is 39.3 Å². The highest BCUT2D eigenvalue weighted by Crippen LogP contribution is 2.14. The van der Waals surface area contributed by atoms with Crippen LogP contribution in [0.3, 0.4) is 0 Å². The number of benzene rings is 1. The van der Waals surface area contributed by atoms with Gasteiger partial charge < -0.3 is 10.4 Å². The highest BCUT2D eigenvalue weighted by Gasteiger charge is 2.21. The van der Waals surface area contributed by atoms with Gasteiger partial charge in [-0.3, -0.25) is 14.5 Å². The Morgan fingerprint density at radius 3 is 2.29 bits per heavy atom. The quantitative estimate of drug-likeness (QED) is 0.804. The summed E-state index contributed by atoms with van der Waals surface area (Å²) < 4.78 is 0. The highest BCUT2D eigenvalue weighted by atomic mass is 16.4. The molecule has 0 radical (unpaired) electrons. The first-order chi connectivity index (χ1) is 9.85. The summed E-state index contributed by atoms with van der Waals surface area (Å²) in [6.07, 6.45) is 0.984. The number of aryl methyl sites for hydroxylation is 1. The van der Waals surface area contributed by atoms with E-state index in [1.165, 1.54) is 10.5 Å². The lowest BCUT2D eigenvalue weighted by Gasteiger charge is -2.24. The average molecular weight is 292 g/mol. The maximum absolute atomic E-state index is 12.1. The van der Waals surface area contributed by atoms with Crippen molar-refractivity contribution in [3.05, 3.63) is 35.4 Å². The molecule has 0 spiro atoms. The minimum atomic E-state index is -0.944. The van der Waals surface area contributed by atoms with Crippen LogP contribution in [0.5, 0.6) is 0 Å². The topological polar surface area (TPSA) is 69.6 Å². The molecule has 1 amide bonds. The van der Waals surface area contributed by atoms with E-state index in [4.69, 9.17) is 5.11 Å². The van der Waals surface area contributed by atoms with E-state index in [9.17, 15) is 9.59 Å². The van der Waals surface area contributed by atoms with Crippen LogP contribution < -0.4 is 5.32 Å². The fraction of sp³-hybridized carbons (Fsp3) is 0.500. The van der Waals surface area contributed by atoms with Crippen LogP contribution in [0.25, 0.3) is 0 Å². The molecular formula is C16H24N2O3. The van der Waals surface area contributed by atoms with Gasteiger partial charge in [-0.1, -0.05) is 31.2 Å². The van der Waals surface area contributed by atoms with Gasteiger partial charge >= 0.3 is 5.97 Å². The number of rotatable bonds is 7. The standard InChI is InChI=1S/C16H24N2O3/c1-5-13-6-8-14(9-7-13)11(2)17-16(21)12(3)18(4)10-15(19)20/h6-9,11-12H,5,10H2,1-4H3,(H,17,21)(H,19,20). The van der Waals surface area contributed by atoms with E-state index >= 15 is 0 Å². The number of aliphatic carboxylic acids is 1. The average Bonchev–Trinajstić information content (AvgIpc) is 2.45. The van der Waals surface area contributed by atoms with Crippen molar-refractivity contribution in [3.63, 3.8) is 0 Å². The minimum Gasteiger partial charge on any atom is -0.480 e. The predicted molar refractivity (Wildman–Crippen MR) is 82.1 cm³/mol. The van der Waals surface area contributed by atoms with Crippen LogP contribution in [0.15, 0.2) is 24.3 Å². The van der Waals surface area contributed by atoms with Crippen molar-refractivity contribution < 1.29 is 14.7 Å². The molecule has 116 valence electrons. The van der Waals surface area contributed by atoms with E-state index in [1.807, 2.05) is 19.1 Å². The van der Waals surface area contributed by atoms with E-state index in [-0.39, 0.29) is 18.5 Å². The molecule has 2 N–H and O–H groups in total. The second kappa shape index (κ2) is 7.78. The first-order valence-corrected chi connectivity index (χ1v) is 7.16. The molecule has 0 saturated heterocycles. The fourth-order valence-corrected chi connectivity index (χ4v) is 2.01. The van der Waals surface area contributed by atoms with Crippen LogP contribution in [0.1, 0.15) is 37.9 Å². The molecule has 0 aliphatic carbocycles. The minimum absolute atomic E-state index is 0.107. The Hall–Kier alpha value is -1.88. The Bertz CT molecular complexity index is 485. The predicted octanol–water partition coefficient (Wildman–Crippen LogP) is 1.83. The Kier molecular flexibility index (Phi) is 6.37. The second-order valence-electron chi connectivity index (χ2n) is 5.31. The maximum atomic E-state index is 12.1. The van der Waals surface area contributed by atoms with Crippen LogP contribution in [-0.2, 0) is 16.0 Å². The van der Waals surface area contributed by atoms with Crippen molar-refractivity contribution in [2.24, 2.45) is 0 Å². The molecule has 0 fully saturated rings. The monoisotopic (exact) mass is 292 g/mol. The number of nitrogens with zero attached hydrogens (tertiary/aromatic N) is 1. The number of hydrogen-bond acceptors (Lipinski definition) is 3. The molecule has 5 heteroatoms. The van der Waals surface area contributed by atoms with Crippen molar-refractivity contribution in [1.29, 1.82) is 0 Å². The number of likely N-dealkylation sites (N-methyl/N-ethyl adjacent to an activating group) is 1.